The molecule has 0 aliphatic carbocycles. The summed E-state index contributed by atoms with van der Waals surface area (Å²) in [7, 11) is -2.09. The molecule has 0 aliphatic rings. The Labute approximate surface area is 115 Å². The van der Waals surface area contributed by atoms with E-state index in [0.29, 0.717) is 0 Å². The van der Waals surface area contributed by atoms with Crippen LogP contribution in [0.25, 0.3) is 0 Å². The zero-order valence-corrected chi connectivity index (χ0v) is 11.4. The molecule has 0 spiro atoms. The highest BCUT2D eigenvalue weighted by atomic mass is 35.5. The van der Waals surface area contributed by atoms with Gasteiger partial charge in [-0.05, 0) is 18.2 Å². The van der Waals surface area contributed by atoms with Gasteiger partial charge in [0.1, 0.15) is 6.07 Å². The molecule has 0 radical (unpaired) electrons. The minimum absolute atomic E-state index is 0.0258. The van der Waals surface area contributed by atoms with Crippen molar-refractivity contribution < 1.29 is 8.42 Å². The van der Waals surface area contributed by atoms with Crippen molar-refractivity contribution in [3.05, 3.63) is 41.0 Å². The van der Waals surface area contributed by atoms with Crippen LogP contribution in [0.3, 0.4) is 0 Å². The lowest BCUT2D eigenvalue weighted by molar-refractivity contribution is 0.601. The number of halogens is 1. The number of sulfonamides is 1. The van der Waals surface area contributed by atoms with Gasteiger partial charge in [-0.25, -0.2) is 8.42 Å². The molecule has 0 bridgehead atoms. The van der Waals surface area contributed by atoms with E-state index >= 15 is 0 Å². The summed E-state index contributed by atoms with van der Waals surface area (Å²) in [5.41, 5.74) is 0.221. The van der Waals surface area contributed by atoms with Crippen LogP contribution in [0.2, 0.25) is 5.02 Å². The van der Waals surface area contributed by atoms with Gasteiger partial charge < -0.3 is 0 Å². The molecule has 0 unspecified atom stereocenters. The Morgan fingerprint density at radius 2 is 2.16 bits per heavy atom. The van der Waals surface area contributed by atoms with Crippen LogP contribution in [0.15, 0.2) is 35.4 Å². The summed E-state index contributed by atoms with van der Waals surface area (Å²) in [5.74, 6) is 0.211. The van der Waals surface area contributed by atoms with E-state index in [1.54, 1.807) is 13.2 Å². The van der Waals surface area contributed by atoms with Gasteiger partial charge in [0.15, 0.2) is 5.82 Å². The van der Waals surface area contributed by atoms with Gasteiger partial charge in [-0.15, -0.1) is 0 Å². The highest BCUT2D eigenvalue weighted by Crippen LogP contribution is 2.21. The third kappa shape index (κ3) is 2.86. The Morgan fingerprint density at radius 3 is 2.68 bits per heavy atom. The maximum absolute atomic E-state index is 12.1. The van der Waals surface area contributed by atoms with Crippen molar-refractivity contribution in [2.45, 2.75) is 4.90 Å². The Balaban J connectivity index is 2.35. The number of aryl methyl sites for hydroxylation is 1. The molecule has 6 nitrogen and oxygen atoms in total. The van der Waals surface area contributed by atoms with Crippen molar-refractivity contribution in [3.63, 3.8) is 0 Å². The molecule has 1 aromatic carbocycles. The predicted molar refractivity (Wildman–Crippen MR) is 70.2 cm³/mol. The lowest BCUT2D eigenvalue weighted by Gasteiger charge is -2.06. The van der Waals surface area contributed by atoms with E-state index in [-0.39, 0.29) is 21.3 Å². The molecule has 8 heteroatoms. The summed E-state index contributed by atoms with van der Waals surface area (Å²) >= 11 is 5.81. The fourth-order valence-corrected chi connectivity index (χ4v) is 2.73. The van der Waals surface area contributed by atoms with E-state index in [1.165, 1.54) is 28.9 Å². The maximum atomic E-state index is 12.1. The smallest absolute Gasteiger partial charge is 0.263 e. The summed E-state index contributed by atoms with van der Waals surface area (Å²) in [5, 5.41) is 12.7. The summed E-state index contributed by atoms with van der Waals surface area (Å²) in [4.78, 5) is -0.0258. The maximum Gasteiger partial charge on any atom is 0.263 e. The molecule has 0 aliphatic heterocycles. The van der Waals surface area contributed by atoms with Gasteiger partial charge in [0.2, 0.25) is 0 Å². The number of rotatable bonds is 3. The first-order chi connectivity index (χ1) is 8.92. The molecule has 98 valence electrons. The summed E-state index contributed by atoms with van der Waals surface area (Å²) in [6, 6.07) is 7.29. The Morgan fingerprint density at radius 1 is 1.42 bits per heavy atom. The SMILES string of the molecule is Cn1ccc(NS(=O)(=O)c2ccc(C#N)c(Cl)c2)n1. The summed E-state index contributed by atoms with van der Waals surface area (Å²) < 4.78 is 27.9. The van der Waals surface area contributed by atoms with Crippen LogP contribution in [0.1, 0.15) is 5.56 Å². The molecule has 0 amide bonds. The lowest BCUT2D eigenvalue weighted by Crippen LogP contribution is -2.13. The highest BCUT2D eigenvalue weighted by Gasteiger charge is 2.16. The van der Waals surface area contributed by atoms with Gasteiger partial charge in [0.05, 0.1) is 15.5 Å². The summed E-state index contributed by atoms with van der Waals surface area (Å²) in [6.07, 6.45) is 1.61. The molecule has 1 heterocycles. The van der Waals surface area contributed by atoms with Crippen molar-refractivity contribution >= 4 is 27.4 Å². The second kappa shape index (κ2) is 4.91. The number of benzene rings is 1. The number of nitrogens with one attached hydrogen (secondary N) is 1. The van der Waals surface area contributed by atoms with Crippen molar-refractivity contribution in [1.29, 1.82) is 5.26 Å². The molecule has 2 rings (SSSR count). The van der Waals surface area contributed by atoms with E-state index in [9.17, 15) is 8.42 Å². The van der Waals surface area contributed by atoms with Crippen LogP contribution < -0.4 is 4.72 Å². The minimum Gasteiger partial charge on any atom is -0.274 e. The first-order valence-corrected chi connectivity index (χ1v) is 7.00. The molecule has 19 heavy (non-hydrogen) atoms. The first kappa shape index (κ1) is 13.4. The second-order valence-corrected chi connectivity index (χ2v) is 5.82. The molecule has 1 aromatic heterocycles. The van der Waals surface area contributed by atoms with Gasteiger partial charge in [-0.2, -0.15) is 10.4 Å². The van der Waals surface area contributed by atoms with E-state index in [2.05, 4.69) is 9.82 Å². The average Bonchev–Trinajstić information content (AvgIpc) is 2.73. The van der Waals surface area contributed by atoms with Crippen LogP contribution in [0.5, 0.6) is 0 Å². The average molecular weight is 297 g/mol. The van der Waals surface area contributed by atoms with Crippen molar-refractivity contribution in [2.75, 3.05) is 4.72 Å². The minimum atomic E-state index is -3.77. The van der Waals surface area contributed by atoms with Gasteiger partial charge in [0, 0.05) is 19.3 Å². The number of anilines is 1. The molecule has 0 saturated heterocycles. The topological polar surface area (TPSA) is 87.8 Å². The molecular formula is C11H9ClN4O2S. The van der Waals surface area contributed by atoms with Gasteiger partial charge >= 0.3 is 0 Å². The summed E-state index contributed by atoms with van der Waals surface area (Å²) in [6.45, 7) is 0. The zero-order valence-electron chi connectivity index (χ0n) is 9.83. The standard InChI is InChI=1S/C11H9ClN4O2S/c1-16-5-4-11(14-16)15-19(17,18)9-3-2-8(7-13)10(12)6-9/h2-6H,1H3,(H,14,15). The third-order valence-corrected chi connectivity index (χ3v) is 3.99. The van der Waals surface area contributed by atoms with Crippen molar-refractivity contribution in [3.8, 4) is 6.07 Å². The number of aromatic nitrogens is 2. The highest BCUT2D eigenvalue weighted by molar-refractivity contribution is 7.92. The molecule has 1 N–H and O–H groups in total. The van der Waals surface area contributed by atoms with Gasteiger partial charge in [0.25, 0.3) is 10.0 Å². The normalized spacial score (nSPS) is 11.0. The molecular weight excluding hydrogens is 288 g/mol. The predicted octanol–water partition coefficient (Wildman–Crippen LogP) is 1.75. The van der Waals surface area contributed by atoms with Crippen molar-refractivity contribution in [2.24, 2.45) is 7.05 Å². The van der Waals surface area contributed by atoms with E-state index in [0.717, 1.165) is 0 Å². The first-order valence-electron chi connectivity index (χ1n) is 5.14. The third-order valence-electron chi connectivity index (χ3n) is 2.32. The molecule has 2 aromatic rings. The van der Waals surface area contributed by atoms with Gasteiger partial charge in [-0.1, -0.05) is 11.6 Å². The number of hydrogen-bond acceptors (Lipinski definition) is 4. The number of hydrogen-bond donors (Lipinski definition) is 1. The molecule has 0 saturated carbocycles. The largest absolute Gasteiger partial charge is 0.274 e. The van der Waals surface area contributed by atoms with E-state index in [1.807, 2.05) is 6.07 Å². The second-order valence-electron chi connectivity index (χ2n) is 3.73. The number of nitrogens with zero attached hydrogens (tertiary/aromatic N) is 3. The fourth-order valence-electron chi connectivity index (χ4n) is 1.42. The van der Waals surface area contributed by atoms with Crippen LogP contribution in [-0.2, 0) is 17.1 Å². The van der Waals surface area contributed by atoms with Crippen LogP contribution in [-0.4, -0.2) is 18.2 Å². The van der Waals surface area contributed by atoms with E-state index < -0.39 is 10.0 Å². The Kier molecular flexibility index (Phi) is 3.46. The Bertz CT molecular complexity index is 761. The Hall–Kier alpha value is -2.04. The van der Waals surface area contributed by atoms with Crippen LogP contribution >= 0.6 is 11.6 Å². The fraction of sp³-hybridized carbons (Fsp3) is 0.0909. The molecule has 0 fully saturated rings. The van der Waals surface area contributed by atoms with Crippen molar-refractivity contribution in [1.82, 2.24) is 9.78 Å². The number of nitriles is 1. The zero-order chi connectivity index (χ0) is 14.0. The monoisotopic (exact) mass is 296 g/mol. The quantitative estimate of drug-likeness (QED) is 0.934. The van der Waals surface area contributed by atoms with Gasteiger partial charge in [-0.3, -0.25) is 9.40 Å². The van der Waals surface area contributed by atoms with Crippen LogP contribution in [0.4, 0.5) is 5.82 Å². The molecule has 0 atom stereocenters. The van der Waals surface area contributed by atoms with E-state index in [4.69, 9.17) is 16.9 Å². The lowest BCUT2D eigenvalue weighted by atomic mass is 10.2. The van der Waals surface area contributed by atoms with Crippen LogP contribution in [0, 0.1) is 11.3 Å².